The quantitative estimate of drug-likeness (QED) is 0.863. The van der Waals surface area contributed by atoms with Gasteiger partial charge in [0, 0.05) is 23.2 Å². The van der Waals surface area contributed by atoms with Crippen molar-refractivity contribution in [3.8, 4) is 0 Å². The number of carbonyl (C=O) groups is 1. The molecule has 3 nitrogen and oxygen atoms in total. The van der Waals surface area contributed by atoms with Crippen molar-refractivity contribution in [2.45, 2.75) is 33.2 Å². The van der Waals surface area contributed by atoms with Crippen LogP contribution in [0.3, 0.4) is 0 Å². The van der Waals surface area contributed by atoms with Gasteiger partial charge in [0.15, 0.2) is 0 Å². The Hall–Kier alpha value is -1.06. The van der Waals surface area contributed by atoms with Gasteiger partial charge in [-0.25, -0.2) is 0 Å². The first-order valence-corrected chi connectivity index (χ1v) is 6.59. The molecular weight excluding hydrogens is 248 g/mol. The summed E-state index contributed by atoms with van der Waals surface area (Å²) in [4.78, 5) is 12.0. The summed E-state index contributed by atoms with van der Waals surface area (Å²) in [7, 11) is 0. The Balaban J connectivity index is 2.71. The Labute approximate surface area is 114 Å². The summed E-state index contributed by atoms with van der Waals surface area (Å²) in [6.45, 7) is 6.56. The third-order valence-corrected chi connectivity index (χ3v) is 3.22. The van der Waals surface area contributed by atoms with Crippen molar-refractivity contribution in [1.82, 2.24) is 5.32 Å². The molecule has 0 aliphatic heterocycles. The molecule has 0 aliphatic carbocycles. The summed E-state index contributed by atoms with van der Waals surface area (Å²) in [5.74, 6) is 0.414. The minimum atomic E-state index is -0.0918. The molecule has 4 heteroatoms. The lowest BCUT2D eigenvalue weighted by Gasteiger charge is -2.19. The van der Waals surface area contributed by atoms with Crippen LogP contribution in [0.15, 0.2) is 18.2 Å². The van der Waals surface area contributed by atoms with E-state index in [9.17, 15) is 4.79 Å². The number of nitrogens with one attached hydrogen (secondary N) is 1. The van der Waals surface area contributed by atoms with Gasteiger partial charge in [-0.2, -0.15) is 0 Å². The number of rotatable bonds is 5. The van der Waals surface area contributed by atoms with Gasteiger partial charge < -0.3 is 11.1 Å². The van der Waals surface area contributed by atoms with E-state index in [2.05, 4.69) is 19.2 Å². The molecule has 1 unspecified atom stereocenters. The molecule has 0 heterocycles. The lowest BCUT2D eigenvalue weighted by molar-refractivity contribution is 0.0933. The maximum absolute atomic E-state index is 12.0. The Morgan fingerprint density at radius 1 is 1.44 bits per heavy atom. The van der Waals surface area contributed by atoms with Crippen LogP contribution in [0.25, 0.3) is 0 Å². The average Bonchev–Trinajstić information content (AvgIpc) is 2.31. The largest absolute Gasteiger partial charge is 0.348 e. The van der Waals surface area contributed by atoms with Crippen LogP contribution in [-0.2, 0) is 0 Å². The highest BCUT2D eigenvalue weighted by Gasteiger charge is 2.14. The number of halogens is 1. The van der Waals surface area contributed by atoms with Crippen LogP contribution in [0.4, 0.5) is 0 Å². The highest BCUT2D eigenvalue weighted by atomic mass is 35.5. The van der Waals surface area contributed by atoms with Crippen LogP contribution in [0.2, 0.25) is 5.02 Å². The average molecular weight is 269 g/mol. The van der Waals surface area contributed by atoms with Crippen molar-refractivity contribution < 1.29 is 4.79 Å². The third-order valence-electron chi connectivity index (χ3n) is 2.80. The number of hydrogen-bond donors (Lipinski definition) is 2. The molecule has 0 aromatic heterocycles. The summed E-state index contributed by atoms with van der Waals surface area (Å²) >= 11 is 5.94. The second kappa shape index (κ2) is 6.76. The molecule has 1 aromatic carbocycles. The molecule has 0 fully saturated rings. The third kappa shape index (κ3) is 4.31. The zero-order valence-electron chi connectivity index (χ0n) is 11.2. The maximum atomic E-state index is 12.0. The standard InChI is InChI=1S/C14H21ClN2O/c1-9(2)6-12(8-16)17-14(18)11-4-5-13(15)10(3)7-11/h4-5,7,9,12H,6,8,16H2,1-3H3,(H,17,18). The summed E-state index contributed by atoms with van der Waals surface area (Å²) < 4.78 is 0. The number of carbonyl (C=O) groups excluding carboxylic acids is 1. The van der Waals surface area contributed by atoms with E-state index in [1.54, 1.807) is 18.2 Å². The summed E-state index contributed by atoms with van der Waals surface area (Å²) in [6.07, 6.45) is 0.884. The van der Waals surface area contributed by atoms with Crippen LogP contribution < -0.4 is 11.1 Å². The van der Waals surface area contributed by atoms with Crippen molar-refractivity contribution in [2.75, 3.05) is 6.54 Å². The second-order valence-electron chi connectivity index (χ2n) is 5.00. The molecular formula is C14H21ClN2O. The van der Waals surface area contributed by atoms with Crippen molar-refractivity contribution in [2.24, 2.45) is 11.7 Å². The van der Waals surface area contributed by atoms with E-state index in [4.69, 9.17) is 17.3 Å². The van der Waals surface area contributed by atoms with Gasteiger partial charge in [0.25, 0.3) is 5.91 Å². The molecule has 100 valence electrons. The lowest BCUT2D eigenvalue weighted by atomic mass is 10.0. The number of aryl methyl sites for hydroxylation is 1. The molecule has 3 N–H and O–H groups in total. The van der Waals surface area contributed by atoms with Gasteiger partial charge in [0.2, 0.25) is 0 Å². The van der Waals surface area contributed by atoms with Crippen LogP contribution in [0.1, 0.15) is 36.2 Å². The maximum Gasteiger partial charge on any atom is 0.251 e. The van der Waals surface area contributed by atoms with Crippen LogP contribution >= 0.6 is 11.6 Å². The summed E-state index contributed by atoms with van der Waals surface area (Å²) in [6, 6.07) is 5.29. The van der Waals surface area contributed by atoms with E-state index in [1.165, 1.54) is 0 Å². The molecule has 0 saturated heterocycles. The first-order chi connectivity index (χ1) is 8.43. The topological polar surface area (TPSA) is 55.1 Å². The molecule has 0 radical (unpaired) electrons. The van der Waals surface area contributed by atoms with E-state index >= 15 is 0 Å². The second-order valence-corrected chi connectivity index (χ2v) is 5.41. The molecule has 0 bridgehead atoms. The number of amides is 1. The molecule has 1 amide bonds. The Kier molecular flexibility index (Phi) is 5.63. The lowest BCUT2D eigenvalue weighted by Crippen LogP contribution is -2.41. The number of hydrogen-bond acceptors (Lipinski definition) is 2. The monoisotopic (exact) mass is 268 g/mol. The molecule has 1 atom stereocenters. The van der Waals surface area contributed by atoms with E-state index in [0.29, 0.717) is 23.0 Å². The van der Waals surface area contributed by atoms with Gasteiger partial charge in [-0.05, 0) is 43.0 Å². The first kappa shape index (κ1) is 15.0. The Morgan fingerprint density at radius 3 is 2.61 bits per heavy atom. The van der Waals surface area contributed by atoms with E-state index in [-0.39, 0.29) is 11.9 Å². The van der Waals surface area contributed by atoms with Crippen molar-refractivity contribution in [1.29, 1.82) is 0 Å². The number of benzene rings is 1. The Bertz CT molecular complexity index is 418. The fourth-order valence-corrected chi connectivity index (χ4v) is 1.96. The summed E-state index contributed by atoms with van der Waals surface area (Å²) in [5.41, 5.74) is 7.19. The van der Waals surface area contributed by atoms with Crippen molar-refractivity contribution in [3.05, 3.63) is 34.3 Å². The smallest absolute Gasteiger partial charge is 0.251 e. The zero-order valence-corrected chi connectivity index (χ0v) is 11.9. The fraction of sp³-hybridized carbons (Fsp3) is 0.500. The highest BCUT2D eigenvalue weighted by molar-refractivity contribution is 6.31. The van der Waals surface area contributed by atoms with Gasteiger partial charge in [0.05, 0.1) is 0 Å². The Morgan fingerprint density at radius 2 is 2.11 bits per heavy atom. The zero-order chi connectivity index (χ0) is 13.7. The SMILES string of the molecule is Cc1cc(C(=O)NC(CN)CC(C)C)ccc1Cl. The molecule has 1 aromatic rings. The molecule has 18 heavy (non-hydrogen) atoms. The molecule has 0 spiro atoms. The van der Waals surface area contributed by atoms with Crippen LogP contribution in [0.5, 0.6) is 0 Å². The van der Waals surface area contributed by atoms with Gasteiger partial charge in [0.1, 0.15) is 0 Å². The minimum absolute atomic E-state index is 0.0217. The van der Waals surface area contributed by atoms with Crippen molar-refractivity contribution >= 4 is 17.5 Å². The predicted molar refractivity (Wildman–Crippen MR) is 76.0 cm³/mol. The van der Waals surface area contributed by atoms with E-state index < -0.39 is 0 Å². The summed E-state index contributed by atoms with van der Waals surface area (Å²) in [5, 5.41) is 3.62. The van der Waals surface area contributed by atoms with Crippen LogP contribution in [-0.4, -0.2) is 18.5 Å². The first-order valence-electron chi connectivity index (χ1n) is 6.21. The predicted octanol–water partition coefficient (Wildman–Crippen LogP) is 2.75. The van der Waals surface area contributed by atoms with E-state index in [1.807, 2.05) is 6.92 Å². The van der Waals surface area contributed by atoms with Gasteiger partial charge in [-0.3, -0.25) is 4.79 Å². The molecule has 0 aliphatic rings. The molecule has 0 saturated carbocycles. The van der Waals surface area contributed by atoms with Crippen LogP contribution in [0, 0.1) is 12.8 Å². The van der Waals surface area contributed by atoms with E-state index in [0.717, 1.165) is 12.0 Å². The van der Waals surface area contributed by atoms with Gasteiger partial charge >= 0.3 is 0 Å². The minimum Gasteiger partial charge on any atom is -0.348 e. The normalized spacial score (nSPS) is 12.6. The van der Waals surface area contributed by atoms with Gasteiger partial charge in [-0.1, -0.05) is 25.4 Å². The van der Waals surface area contributed by atoms with Gasteiger partial charge in [-0.15, -0.1) is 0 Å². The number of nitrogens with two attached hydrogens (primary N) is 1. The fourth-order valence-electron chi connectivity index (χ4n) is 1.84. The molecule has 1 rings (SSSR count). The highest BCUT2D eigenvalue weighted by Crippen LogP contribution is 2.16. The van der Waals surface area contributed by atoms with Crippen molar-refractivity contribution in [3.63, 3.8) is 0 Å².